The minimum atomic E-state index is 0.486. The van der Waals surface area contributed by atoms with Crippen LogP contribution in [0.2, 0.25) is 0 Å². The zero-order chi connectivity index (χ0) is 14.7. The maximum absolute atomic E-state index is 11.2. The highest BCUT2D eigenvalue weighted by Crippen LogP contribution is 2.27. The van der Waals surface area contributed by atoms with Crippen molar-refractivity contribution >= 4 is 6.29 Å². The van der Waals surface area contributed by atoms with E-state index in [2.05, 4.69) is 18.9 Å². The highest BCUT2D eigenvalue weighted by atomic mass is 16.5. The summed E-state index contributed by atoms with van der Waals surface area (Å²) in [4.78, 5) is 11.2. The van der Waals surface area contributed by atoms with Crippen LogP contribution in [0.5, 0.6) is 5.75 Å². The molecule has 4 nitrogen and oxygen atoms in total. The molecule has 2 rings (SSSR count). The van der Waals surface area contributed by atoms with Gasteiger partial charge in [-0.1, -0.05) is 13.8 Å². The fraction of sp³-hybridized carbons (Fsp3) is 0.375. The first-order chi connectivity index (χ1) is 9.55. The Bertz CT molecular complexity index is 615. The average Bonchev–Trinajstić information content (AvgIpc) is 2.80. The molecule has 0 aliphatic carbocycles. The summed E-state index contributed by atoms with van der Waals surface area (Å²) in [5, 5.41) is 4.53. The van der Waals surface area contributed by atoms with Crippen molar-refractivity contribution < 1.29 is 9.53 Å². The highest BCUT2D eigenvalue weighted by molar-refractivity contribution is 5.85. The van der Waals surface area contributed by atoms with E-state index in [9.17, 15) is 4.79 Å². The van der Waals surface area contributed by atoms with Crippen LogP contribution in [0, 0.1) is 12.8 Å². The summed E-state index contributed by atoms with van der Waals surface area (Å²) < 4.78 is 7.09. The second kappa shape index (κ2) is 5.90. The molecule has 0 aliphatic rings. The number of hydrogen-bond donors (Lipinski definition) is 0. The Morgan fingerprint density at radius 1 is 1.40 bits per heavy atom. The third-order valence-electron chi connectivity index (χ3n) is 3.14. The third kappa shape index (κ3) is 2.90. The number of nitrogens with zero attached hydrogens (tertiary/aromatic N) is 2. The number of aldehydes is 1. The van der Waals surface area contributed by atoms with Gasteiger partial charge in [0, 0.05) is 18.3 Å². The molecule has 0 atom stereocenters. The molecule has 0 aliphatic heterocycles. The van der Waals surface area contributed by atoms with Gasteiger partial charge < -0.3 is 4.74 Å². The van der Waals surface area contributed by atoms with Crippen LogP contribution in [-0.4, -0.2) is 23.2 Å². The second-order valence-corrected chi connectivity index (χ2v) is 5.35. The van der Waals surface area contributed by atoms with Crippen LogP contribution in [-0.2, 0) is 6.54 Å². The van der Waals surface area contributed by atoms with Gasteiger partial charge in [-0.25, -0.2) is 0 Å². The third-order valence-corrected chi connectivity index (χ3v) is 3.14. The van der Waals surface area contributed by atoms with Crippen LogP contribution in [0.15, 0.2) is 24.4 Å². The molecule has 1 aromatic carbocycles. The molecular weight excluding hydrogens is 252 g/mol. The summed E-state index contributed by atoms with van der Waals surface area (Å²) >= 11 is 0. The predicted molar refractivity (Wildman–Crippen MR) is 79.2 cm³/mol. The molecule has 106 valence electrons. The van der Waals surface area contributed by atoms with Crippen molar-refractivity contribution in [1.29, 1.82) is 0 Å². The number of carbonyl (C=O) groups excluding carboxylic acids is 1. The van der Waals surface area contributed by atoms with E-state index in [1.54, 1.807) is 7.11 Å². The van der Waals surface area contributed by atoms with E-state index in [0.29, 0.717) is 11.5 Å². The fourth-order valence-electron chi connectivity index (χ4n) is 2.24. The number of aryl methyl sites for hydroxylation is 1. The normalized spacial score (nSPS) is 10.8. The van der Waals surface area contributed by atoms with E-state index in [1.165, 1.54) is 0 Å². The van der Waals surface area contributed by atoms with Gasteiger partial charge in [-0.3, -0.25) is 9.48 Å². The summed E-state index contributed by atoms with van der Waals surface area (Å²) in [6, 6.07) is 5.83. The van der Waals surface area contributed by atoms with Crippen LogP contribution in [0.25, 0.3) is 11.3 Å². The van der Waals surface area contributed by atoms with Crippen LogP contribution in [0.3, 0.4) is 0 Å². The van der Waals surface area contributed by atoms with E-state index < -0.39 is 0 Å². The zero-order valence-electron chi connectivity index (χ0n) is 12.4. The molecule has 4 heteroatoms. The topological polar surface area (TPSA) is 44.1 Å². The van der Waals surface area contributed by atoms with Crippen molar-refractivity contribution in [1.82, 2.24) is 9.78 Å². The highest BCUT2D eigenvalue weighted by Gasteiger charge is 2.12. The minimum absolute atomic E-state index is 0.486. The van der Waals surface area contributed by atoms with Crippen LogP contribution < -0.4 is 4.74 Å². The predicted octanol–water partition coefficient (Wildman–Crippen LogP) is 3.34. The molecule has 0 N–H and O–H groups in total. The van der Waals surface area contributed by atoms with Crippen molar-refractivity contribution in [3.63, 3.8) is 0 Å². The number of methoxy groups -OCH3 is 1. The molecule has 2 aromatic rings. The Labute approximate surface area is 119 Å². The van der Waals surface area contributed by atoms with Crippen molar-refractivity contribution in [3.8, 4) is 17.0 Å². The number of benzene rings is 1. The first kappa shape index (κ1) is 14.3. The van der Waals surface area contributed by atoms with Crippen molar-refractivity contribution in [2.75, 3.05) is 7.11 Å². The zero-order valence-corrected chi connectivity index (χ0v) is 12.4. The smallest absolute Gasteiger partial charge is 0.153 e. The molecule has 0 unspecified atom stereocenters. The number of ether oxygens (including phenoxy) is 1. The van der Waals surface area contributed by atoms with Gasteiger partial charge in [-0.2, -0.15) is 5.10 Å². The fourth-order valence-corrected chi connectivity index (χ4v) is 2.24. The van der Waals surface area contributed by atoms with Gasteiger partial charge in [-0.15, -0.1) is 0 Å². The van der Waals surface area contributed by atoms with Crippen LogP contribution in [0.1, 0.15) is 29.8 Å². The number of hydrogen-bond acceptors (Lipinski definition) is 3. The van der Waals surface area contributed by atoms with E-state index in [1.807, 2.05) is 36.0 Å². The molecule has 1 aromatic heterocycles. The summed E-state index contributed by atoms with van der Waals surface area (Å²) in [6.07, 6.45) is 2.67. The molecule has 1 heterocycles. The summed E-state index contributed by atoms with van der Waals surface area (Å²) in [5.41, 5.74) is 3.31. The van der Waals surface area contributed by atoms with Gasteiger partial charge in [0.2, 0.25) is 0 Å². The molecule has 0 spiro atoms. The van der Waals surface area contributed by atoms with Gasteiger partial charge >= 0.3 is 0 Å². The maximum atomic E-state index is 11.2. The first-order valence-electron chi connectivity index (χ1n) is 6.72. The second-order valence-electron chi connectivity index (χ2n) is 5.35. The van der Waals surface area contributed by atoms with Gasteiger partial charge in [0.15, 0.2) is 6.29 Å². The Hall–Kier alpha value is -2.10. The standard InChI is InChI=1S/C16H20N2O2/c1-11(2)8-18-9-14(10-19)16(17-18)13-5-6-15(20-4)12(3)7-13/h5-7,9-11H,8H2,1-4H3. The van der Waals surface area contributed by atoms with E-state index in [-0.39, 0.29) is 0 Å². The van der Waals surface area contributed by atoms with Gasteiger partial charge in [0.05, 0.1) is 12.7 Å². The number of carbonyl (C=O) groups is 1. The van der Waals surface area contributed by atoms with E-state index in [0.717, 1.165) is 35.4 Å². The van der Waals surface area contributed by atoms with E-state index >= 15 is 0 Å². The summed E-state index contributed by atoms with van der Waals surface area (Å²) in [7, 11) is 1.65. The molecule has 0 radical (unpaired) electrons. The quantitative estimate of drug-likeness (QED) is 0.784. The lowest BCUT2D eigenvalue weighted by Gasteiger charge is -2.06. The Balaban J connectivity index is 2.43. The Kier molecular flexibility index (Phi) is 4.23. The number of aromatic nitrogens is 2. The molecule has 0 bridgehead atoms. The maximum Gasteiger partial charge on any atom is 0.153 e. The molecule has 20 heavy (non-hydrogen) atoms. The van der Waals surface area contributed by atoms with Crippen LogP contribution in [0.4, 0.5) is 0 Å². The van der Waals surface area contributed by atoms with Gasteiger partial charge in [-0.05, 0) is 36.6 Å². The van der Waals surface area contributed by atoms with Crippen molar-refractivity contribution in [2.45, 2.75) is 27.3 Å². The SMILES string of the molecule is COc1ccc(-c2nn(CC(C)C)cc2C=O)cc1C. The lowest BCUT2D eigenvalue weighted by molar-refractivity contribution is 0.112. The van der Waals surface area contributed by atoms with Crippen molar-refractivity contribution in [2.24, 2.45) is 5.92 Å². The largest absolute Gasteiger partial charge is 0.496 e. The molecular formula is C16H20N2O2. The minimum Gasteiger partial charge on any atom is -0.496 e. The average molecular weight is 272 g/mol. The molecule has 0 saturated heterocycles. The molecule has 0 amide bonds. The number of rotatable bonds is 5. The Morgan fingerprint density at radius 3 is 2.70 bits per heavy atom. The molecule has 0 saturated carbocycles. The summed E-state index contributed by atoms with van der Waals surface area (Å²) in [5.74, 6) is 1.32. The Morgan fingerprint density at radius 2 is 2.15 bits per heavy atom. The lowest BCUT2D eigenvalue weighted by Crippen LogP contribution is -2.04. The van der Waals surface area contributed by atoms with Gasteiger partial charge in [0.25, 0.3) is 0 Å². The lowest BCUT2D eigenvalue weighted by atomic mass is 10.1. The first-order valence-corrected chi connectivity index (χ1v) is 6.72. The molecule has 0 fully saturated rings. The van der Waals surface area contributed by atoms with Crippen LogP contribution >= 0.6 is 0 Å². The van der Waals surface area contributed by atoms with Crippen molar-refractivity contribution in [3.05, 3.63) is 35.5 Å². The van der Waals surface area contributed by atoms with E-state index in [4.69, 9.17) is 4.74 Å². The van der Waals surface area contributed by atoms with Gasteiger partial charge in [0.1, 0.15) is 11.4 Å². The summed E-state index contributed by atoms with van der Waals surface area (Å²) in [6.45, 7) is 7.03. The monoisotopic (exact) mass is 272 g/mol.